The van der Waals surface area contributed by atoms with Crippen molar-refractivity contribution in [3.63, 3.8) is 0 Å². The highest BCUT2D eigenvalue weighted by Crippen LogP contribution is 2.53. The van der Waals surface area contributed by atoms with E-state index in [9.17, 15) is 4.79 Å². The summed E-state index contributed by atoms with van der Waals surface area (Å²) < 4.78 is 11.6. The van der Waals surface area contributed by atoms with Crippen LogP contribution in [0.25, 0.3) is 5.57 Å². The van der Waals surface area contributed by atoms with Gasteiger partial charge in [0, 0.05) is 17.9 Å². The number of aryl methyl sites for hydroxylation is 1. The Morgan fingerprint density at radius 3 is 2.52 bits per heavy atom. The minimum absolute atomic E-state index is 0.236. The lowest BCUT2D eigenvalue weighted by molar-refractivity contribution is -0.181. The number of rotatable bonds is 1. The van der Waals surface area contributed by atoms with Crippen LogP contribution in [0.2, 0.25) is 0 Å². The molecule has 3 heteroatoms. The molecule has 0 bridgehead atoms. The molecule has 0 N–H and O–H groups in total. The number of hydrogen-bond acceptors (Lipinski definition) is 3. The summed E-state index contributed by atoms with van der Waals surface area (Å²) in [7, 11) is 0. The molecule has 2 fully saturated rings. The molecular weight excluding hydrogens is 264 g/mol. The van der Waals surface area contributed by atoms with E-state index < -0.39 is 5.79 Å². The van der Waals surface area contributed by atoms with Crippen LogP contribution in [-0.4, -0.2) is 18.4 Å². The van der Waals surface area contributed by atoms with Crippen LogP contribution in [-0.2, 0) is 14.3 Å². The van der Waals surface area contributed by atoms with Crippen LogP contribution in [0, 0.1) is 12.3 Å². The molecule has 0 aromatic heterocycles. The van der Waals surface area contributed by atoms with Crippen LogP contribution >= 0.6 is 0 Å². The molecule has 1 aromatic rings. The van der Waals surface area contributed by atoms with Crippen molar-refractivity contribution in [2.45, 2.75) is 44.8 Å². The van der Waals surface area contributed by atoms with E-state index in [-0.39, 0.29) is 11.4 Å². The predicted octanol–water partition coefficient (Wildman–Crippen LogP) is 3.61. The van der Waals surface area contributed by atoms with Crippen molar-refractivity contribution in [3.05, 3.63) is 41.5 Å². The second-order valence-electron chi connectivity index (χ2n) is 6.80. The molecule has 1 aromatic carbocycles. The van der Waals surface area contributed by atoms with Crippen molar-refractivity contribution in [2.75, 3.05) is 6.61 Å². The molecule has 1 atom stereocenters. The van der Waals surface area contributed by atoms with E-state index in [1.807, 2.05) is 37.3 Å². The number of hydrogen-bond donors (Lipinski definition) is 0. The fourth-order valence-electron chi connectivity index (χ4n) is 3.96. The minimum Gasteiger partial charge on any atom is -0.426 e. The summed E-state index contributed by atoms with van der Waals surface area (Å²) in [4.78, 5) is 12.3. The minimum atomic E-state index is -0.804. The van der Waals surface area contributed by atoms with E-state index in [1.54, 1.807) is 0 Å². The quantitative estimate of drug-likeness (QED) is 0.739. The van der Waals surface area contributed by atoms with E-state index in [1.165, 1.54) is 31.2 Å². The Labute approximate surface area is 124 Å². The highest BCUT2D eigenvalue weighted by molar-refractivity contribution is 6.18. The molecule has 4 rings (SSSR count). The number of esters is 1. The average Bonchev–Trinajstić information content (AvgIpc) is 3.14. The molecule has 110 valence electrons. The molecule has 0 amide bonds. The third-order valence-electron chi connectivity index (χ3n) is 5.12. The first-order valence-corrected chi connectivity index (χ1v) is 7.77. The van der Waals surface area contributed by atoms with Gasteiger partial charge in [0.05, 0.1) is 12.2 Å². The Hall–Kier alpha value is -1.61. The van der Waals surface area contributed by atoms with Crippen LogP contribution in [0.15, 0.2) is 30.3 Å². The van der Waals surface area contributed by atoms with Crippen LogP contribution in [0.4, 0.5) is 0 Å². The lowest BCUT2D eigenvalue weighted by atomic mass is 9.83. The predicted molar refractivity (Wildman–Crippen MR) is 79.4 cm³/mol. The average molecular weight is 284 g/mol. The summed E-state index contributed by atoms with van der Waals surface area (Å²) in [5.74, 6) is -1.06. The van der Waals surface area contributed by atoms with E-state index in [2.05, 4.69) is 0 Å². The molecule has 1 aliphatic carbocycles. The second kappa shape index (κ2) is 4.44. The lowest BCUT2D eigenvalue weighted by Crippen LogP contribution is -2.28. The van der Waals surface area contributed by atoms with Gasteiger partial charge in [0.1, 0.15) is 0 Å². The maximum Gasteiger partial charge on any atom is 0.341 e. The SMILES string of the molecule is Cc1ccc(C2=CC3(CC4(CCCC4)CO3)OC2=O)cc1. The molecule has 1 saturated carbocycles. The molecular formula is C18H20O3. The van der Waals surface area contributed by atoms with Crippen molar-refractivity contribution >= 4 is 11.5 Å². The smallest absolute Gasteiger partial charge is 0.341 e. The lowest BCUT2D eigenvalue weighted by Gasteiger charge is -2.22. The first kappa shape index (κ1) is 13.1. The molecule has 2 heterocycles. The number of ether oxygens (including phenoxy) is 2. The number of benzene rings is 1. The van der Waals surface area contributed by atoms with Crippen molar-refractivity contribution in [1.29, 1.82) is 0 Å². The molecule has 21 heavy (non-hydrogen) atoms. The molecule has 2 spiro atoms. The van der Waals surface area contributed by atoms with Gasteiger partial charge in [-0.05, 0) is 25.3 Å². The highest BCUT2D eigenvalue weighted by atomic mass is 16.7. The molecule has 2 aliphatic heterocycles. The van der Waals surface area contributed by atoms with Crippen LogP contribution in [0.3, 0.4) is 0 Å². The standard InChI is InChI=1S/C18H20O3/c1-13-4-6-14(7-5-13)15-10-18(21-16(15)19)11-17(12-20-18)8-2-3-9-17/h4-7,10H,2-3,8-9,11-12H2,1H3. The third kappa shape index (κ3) is 2.11. The van der Waals surface area contributed by atoms with Crippen molar-refractivity contribution in [1.82, 2.24) is 0 Å². The maximum absolute atomic E-state index is 12.3. The van der Waals surface area contributed by atoms with E-state index in [0.717, 1.165) is 18.6 Å². The zero-order chi connectivity index (χ0) is 14.5. The van der Waals surface area contributed by atoms with Gasteiger partial charge in [-0.25, -0.2) is 4.79 Å². The summed E-state index contributed by atoms with van der Waals surface area (Å²) in [6.07, 6.45) is 7.65. The summed E-state index contributed by atoms with van der Waals surface area (Å²) in [5.41, 5.74) is 2.98. The van der Waals surface area contributed by atoms with Crippen molar-refractivity contribution in [3.8, 4) is 0 Å². The molecule has 1 saturated heterocycles. The van der Waals surface area contributed by atoms with Gasteiger partial charge in [0.15, 0.2) is 0 Å². The Morgan fingerprint density at radius 1 is 1.10 bits per heavy atom. The zero-order valence-electron chi connectivity index (χ0n) is 12.4. The van der Waals surface area contributed by atoms with Crippen LogP contribution in [0.1, 0.15) is 43.2 Å². The van der Waals surface area contributed by atoms with Gasteiger partial charge in [0.25, 0.3) is 0 Å². The van der Waals surface area contributed by atoms with Gasteiger partial charge >= 0.3 is 5.97 Å². The van der Waals surface area contributed by atoms with Gasteiger partial charge in [0.2, 0.25) is 5.79 Å². The van der Waals surface area contributed by atoms with Gasteiger partial charge in [-0.3, -0.25) is 0 Å². The molecule has 0 radical (unpaired) electrons. The van der Waals surface area contributed by atoms with Crippen LogP contribution < -0.4 is 0 Å². The Kier molecular flexibility index (Phi) is 2.77. The molecule has 3 aliphatic rings. The normalized spacial score (nSPS) is 30.1. The van der Waals surface area contributed by atoms with Gasteiger partial charge in [-0.15, -0.1) is 0 Å². The zero-order valence-corrected chi connectivity index (χ0v) is 12.4. The first-order chi connectivity index (χ1) is 10.1. The van der Waals surface area contributed by atoms with E-state index in [0.29, 0.717) is 5.57 Å². The second-order valence-corrected chi connectivity index (χ2v) is 6.80. The van der Waals surface area contributed by atoms with Gasteiger partial charge < -0.3 is 9.47 Å². The Balaban J connectivity index is 1.64. The molecule has 3 nitrogen and oxygen atoms in total. The largest absolute Gasteiger partial charge is 0.426 e. The summed E-state index contributed by atoms with van der Waals surface area (Å²) in [6, 6.07) is 7.98. The summed E-state index contributed by atoms with van der Waals surface area (Å²) in [6.45, 7) is 2.76. The van der Waals surface area contributed by atoms with E-state index >= 15 is 0 Å². The van der Waals surface area contributed by atoms with Crippen LogP contribution in [0.5, 0.6) is 0 Å². The Morgan fingerprint density at radius 2 is 1.81 bits per heavy atom. The Bertz CT molecular complexity index is 608. The topological polar surface area (TPSA) is 35.5 Å². The fraction of sp³-hybridized carbons (Fsp3) is 0.500. The monoisotopic (exact) mass is 284 g/mol. The maximum atomic E-state index is 12.3. The summed E-state index contributed by atoms with van der Waals surface area (Å²) >= 11 is 0. The number of carbonyl (C=O) groups is 1. The first-order valence-electron chi connectivity index (χ1n) is 7.77. The van der Waals surface area contributed by atoms with Gasteiger partial charge in [-0.1, -0.05) is 42.7 Å². The van der Waals surface area contributed by atoms with Crippen molar-refractivity contribution < 1.29 is 14.3 Å². The molecule has 1 unspecified atom stereocenters. The third-order valence-corrected chi connectivity index (χ3v) is 5.12. The van der Waals surface area contributed by atoms with Crippen molar-refractivity contribution in [2.24, 2.45) is 5.41 Å². The fourth-order valence-corrected chi connectivity index (χ4v) is 3.96. The summed E-state index contributed by atoms with van der Waals surface area (Å²) in [5, 5.41) is 0. The number of carbonyl (C=O) groups excluding carboxylic acids is 1. The van der Waals surface area contributed by atoms with Gasteiger partial charge in [-0.2, -0.15) is 0 Å². The van der Waals surface area contributed by atoms with E-state index in [4.69, 9.17) is 9.47 Å². The highest BCUT2D eigenvalue weighted by Gasteiger charge is 2.54.